The molecular formula is C44H50F2N10O7. The molecule has 2 saturated heterocycles. The van der Waals surface area contributed by atoms with Crippen LogP contribution >= 0.6 is 0 Å². The second kappa shape index (κ2) is 16.8. The second-order valence-electron chi connectivity index (χ2n) is 17.2. The van der Waals surface area contributed by atoms with Crippen LogP contribution in [0.4, 0.5) is 37.6 Å². The number of ether oxygens (including phenoxy) is 1. The van der Waals surface area contributed by atoms with Crippen LogP contribution in [0.3, 0.4) is 0 Å². The fourth-order valence-corrected chi connectivity index (χ4v) is 10.1. The first-order chi connectivity index (χ1) is 30.3. The first-order valence-corrected chi connectivity index (χ1v) is 21.7. The summed E-state index contributed by atoms with van der Waals surface area (Å²) >= 11 is 0. The standard InChI is InChI=1S/C44H50F2N10O7/c1-52-33-23-47-43(51-37(33)55(28-6-3-4-7-28)24-44(45,46)42(52)62)49-30-15-10-25(22-34(30)63-2)38(58)48-26-11-13-27(14-12-26)53-18-20-54(21-19-53)31-9-5-8-29-36(31)41(61)56(40(29)60)32-16-17-35(57)50-39(32)59/h5,8-10,15,22-23,26-28,32H,3-4,6-7,11-14,16-21,24H2,1-2H3,(H,48,58)(H,47,49,51)(H,50,57,59)/t26-,27-,32?. The average Bonchev–Trinajstić information content (AvgIpc) is 3.90. The Morgan fingerprint density at radius 1 is 0.889 bits per heavy atom. The Morgan fingerprint density at radius 3 is 2.35 bits per heavy atom. The maximum absolute atomic E-state index is 15.1. The minimum atomic E-state index is -3.59. The van der Waals surface area contributed by atoms with E-state index >= 15 is 8.78 Å². The van der Waals surface area contributed by atoms with Crippen LogP contribution in [0.5, 0.6) is 5.75 Å². The maximum Gasteiger partial charge on any atom is 0.342 e. The fourth-order valence-electron chi connectivity index (χ4n) is 10.1. The van der Waals surface area contributed by atoms with Gasteiger partial charge in [0.05, 0.1) is 42.4 Å². The van der Waals surface area contributed by atoms with Crippen molar-refractivity contribution in [3.8, 4) is 5.75 Å². The molecule has 2 saturated carbocycles. The van der Waals surface area contributed by atoms with Gasteiger partial charge in [0.25, 0.3) is 23.6 Å². The molecule has 3 aromatic rings. The van der Waals surface area contributed by atoms with Crippen molar-refractivity contribution in [2.45, 2.75) is 94.3 Å². The van der Waals surface area contributed by atoms with E-state index in [0.717, 1.165) is 74.3 Å². The van der Waals surface area contributed by atoms with Gasteiger partial charge in [-0.2, -0.15) is 13.8 Å². The molecule has 4 aliphatic heterocycles. The van der Waals surface area contributed by atoms with E-state index in [9.17, 15) is 28.8 Å². The quantitative estimate of drug-likeness (QED) is 0.264. The van der Waals surface area contributed by atoms with Crippen molar-refractivity contribution in [2.75, 3.05) is 66.9 Å². The van der Waals surface area contributed by atoms with E-state index in [0.29, 0.717) is 47.4 Å². The number of rotatable bonds is 9. The lowest BCUT2D eigenvalue weighted by molar-refractivity contribution is -0.140. The van der Waals surface area contributed by atoms with Gasteiger partial charge in [-0.05, 0) is 75.3 Å². The first-order valence-electron chi connectivity index (χ1n) is 21.7. The Bertz CT molecular complexity index is 2360. The lowest BCUT2D eigenvalue weighted by Crippen LogP contribution is -2.54. The van der Waals surface area contributed by atoms with Crippen molar-refractivity contribution in [1.82, 2.24) is 30.4 Å². The van der Waals surface area contributed by atoms with E-state index < -0.39 is 48.0 Å². The molecule has 0 bridgehead atoms. The molecular weight excluding hydrogens is 819 g/mol. The summed E-state index contributed by atoms with van der Waals surface area (Å²) in [5.41, 5.74) is 2.32. The van der Waals surface area contributed by atoms with Crippen molar-refractivity contribution >= 4 is 64.3 Å². The number of hydrogen-bond donors (Lipinski definition) is 3. The van der Waals surface area contributed by atoms with E-state index in [2.05, 4.69) is 35.7 Å². The van der Waals surface area contributed by atoms with E-state index in [-0.39, 0.29) is 53.8 Å². The Kier molecular flexibility index (Phi) is 11.2. The van der Waals surface area contributed by atoms with Crippen LogP contribution in [0.25, 0.3) is 0 Å². The zero-order valence-electron chi connectivity index (χ0n) is 35.2. The topological polar surface area (TPSA) is 190 Å². The van der Waals surface area contributed by atoms with Gasteiger partial charge in [0, 0.05) is 63.3 Å². The molecule has 4 fully saturated rings. The van der Waals surface area contributed by atoms with Crippen LogP contribution in [0.2, 0.25) is 0 Å². The molecule has 2 aliphatic carbocycles. The average molecular weight is 869 g/mol. The molecule has 2 aromatic carbocycles. The molecule has 5 heterocycles. The molecule has 1 atom stereocenters. The van der Waals surface area contributed by atoms with E-state index in [1.807, 2.05) is 6.07 Å². The summed E-state index contributed by atoms with van der Waals surface area (Å²) in [4.78, 5) is 94.6. The molecule has 3 N–H and O–H groups in total. The van der Waals surface area contributed by atoms with Gasteiger partial charge in [-0.15, -0.1) is 0 Å². The van der Waals surface area contributed by atoms with Crippen molar-refractivity contribution in [3.05, 3.63) is 59.3 Å². The highest BCUT2D eigenvalue weighted by Gasteiger charge is 2.49. The molecule has 332 valence electrons. The van der Waals surface area contributed by atoms with Crippen LogP contribution in [0, 0.1) is 0 Å². The number of imide groups is 2. The number of piperazine rings is 1. The number of carbonyl (C=O) groups is 6. The number of hydrogen-bond acceptors (Lipinski definition) is 13. The second-order valence-corrected chi connectivity index (χ2v) is 17.2. The predicted octanol–water partition coefficient (Wildman–Crippen LogP) is 3.85. The molecule has 0 spiro atoms. The zero-order valence-corrected chi connectivity index (χ0v) is 35.2. The van der Waals surface area contributed by atoms with Crippen LogP contribution in [0.15, 0.2) is 42.6 Å². The fraction of sp³-hybridized carbons (Fsp3) is 0.500. The summed E-state index contributed by atoms with van der Waals surface area (Å²) in [5.74, 6) is -6.46. The summed E-state index contributed by atoms with van der Waals surface area (Å²) in [6.07, 6.45) is 8.19. The molecule has 1 unspecified atom stereocenters. The number of nitrogens with zero attached hydrogens (tertiary/aromatic N) is 7. The number of methoxy groups -OCH3 is 1. The number of piperidine rings is 1. The van der Waals surface area contributed by atoms with Gasteiger partial charge >= 0.3 is 5.92 Å². The smallest absolute Gasteiger partial charge is 0.342 e. The summed E-state index contributed by atoms with van der Waals surface area (Å²) in [5, 5.41) is 8.55. The molecule has 6 amide bonds. The van der Waals surface area contributed by atoms with Gasteiger partial charge in [0.1, 0.15) is 17.5 Å². The number of anilines is 5. The normalized spacial score (nSPS) is 24.3. The van der Waals surface area contributed by atoms with E-state index in [1.54, 1.807) is 35.2 Å². The molecule has 17 nitrogen and oxygen atoms in total. The van der Waals surface area contributed by atoms with Gasteiger partial charge in [-0.1, -0.05) is 18.9 Å². The van der Waals surface area contributed by atoms with Crippen molar-refractivity contribution < 1.29 is 42.3 Å². The summed E-state index contributed by atoms with van der Waals surface area (Å²) < 4.78 is 35.8. The highest BCUT2D eigenvalue weighted by atomic mass is 19.3. The molecule has 19 heteroatoms. The Balaban J connectivity index is 0.792. The van der Waals surface area contributed by atoms with Crippen molar-refractivity contribution in [3.63, 3.8) is 0 Å². The third kappa shape index (κ3) is 7.91. The molecule has 1 aromatic heterocycles. The lowest BCUT2D eigenvalue weighted by atomic mass is 9.89. The molecule has 63 heavy (non-hydrogen) atoms. The van der Waals surface area contributed by atoms with Gasteiger partial charge in [0.15, 0.2) is 5.82 Å². The number of amides is 6. The van der Waals surface area contributed by atoms with Crippen molar-refractivity contribution in [2.24, 2.45) is 0 Å². The third-order valence-electron chi connectivity index (χ3n) is 13.5. The van der Waals surface area contributed by atoms with E-state index in [1.165, 1.54) is 20.4 Å². The first kappa shape index (κ1) is 42.1. The predicted molar refractivity (Wildman–Crippen MR) is 227 cm³/mol. The number of halogens is 2. The zero-order chi connectivity index (χ0) is 44.2. The monoisotopic (exact) mass is 868 g/mol. The van der Waals surface area contributed by atoms with Crippen LogP contribution < -0.4 is 35.4 Å². The van der Waals surface area contributed by atoms with Gasteiger partial charge in [-0.25, -0.2) is 4.98 Å². The summed E-state index contributed by atoms with van der Waals surface area (Å²) in [6.45, 7) is 2.04. The molecule has 0 radical (unpaired) electrons. The summed E-state index contributed by atoms with van der Waals surface area (Å²) in [6, 6.07) is 9.30. The largest absolute Gasteiger partial charge is 0.495 e. The highest BCUT2D eigenvalue weighted by Crippen LogP contribution is 2.41. The number of carbonyl (C=O) groups excluding carboxylic acids is 6. The van der Waals surface area contributed by atoms with Gasteiger partial charge in [-0.3, -0.25) is 43.9 Å². The number of nitrogens with one attached hydrogen (secondary N) is 3. The number of fused-ring (bicyclic) bond motifs is 2. The van der Waals surface area contributed by atoms with Gasteiger partial charge in [0.2, 0.25) is 17.8 Å². The van der Waals surface area contributed by atoms with Crippen LogP contribution in [-0.2, 0) is 14.4 Å². The summed E-state index contributed by atoms with van der Waals surface area (Å²) in [7, 11) is 2.79. The van der Waals surface area contributed by atoms with Gasteiger partial charge < -0.3 is 30.1 Å². The highest BCUT2D eigenvalue weighted by molar-refractivity contribution is 6.25. The SMILES string of the molecule is COc1cc(C(=O)N[C@H]2CC[C@H](N3CCN(c4cccc5c4C(=O)N(C4CCC(=O)NC4=O)C5=O)CC3)CC2)ccc1Nc1ncc2c(n1)N(C1CCCC1)CC(F)(F)C(=O)N2C. The molecule has 9 rings (SSSR count). The minimum Gasteiger partial charge on any atom is -0.495 e. The van der Waals surface area contributed by atoms with E-state index in [4.69, 9.17) is 4.74 Å². The minimum absolute atomic E-state index is 0.0187. The van der Waals surface area contributed by atoms with Crippen LogP contribution in [0.1, 0.15) is 95.3 Å². The Morgan fingerprint density at radius 2 is 1.63 bits per heavy atom. The number of alkyl halides is 2. The number of aromatic nitrogens is 2. The Labute approximate surface area is 362 Å². The third-order valence-corrected chi connectivity index (χ3v) is 13.5. The Hall–Kier alpha value is -6.24. The van der Waals surface area contributed by atoms with Crippen LogP contribution in [-0.4, -0.2) is 132 Å². The maximum atomic E-state index is 15.1. The lowest BCUT2D eigenvalue weighted by Gasteiger charge is -2.43. The van der Waals surface area contributed by atoms with Crippen molar-refractivity contribution in [1.29, 1.82) is 0 Å². The number of benzene rings is 2. The molecule has 6 aliphatic rings.